The summed E-state index contributed by atoms with van der Waals surface area (Å²) in [6.45, 7) is 3.28. The van der Waals surface area contributed by atoms with Crippen LogP contribution in [0.1, 0.15) is 24.2 Å². The first-order valence-electron chi connectivity index (χ1n) is 7.34. The Kier molecular flexibility index (Phi) is 5.74. The Bertz CT molecular complexity index is 668. The molecule has 0 aliphatic rings. The van der Waals surface area contributed by atoms with E-state index in [2.05, 4.69) is 5.32 Å². The molecule has 0 bridgehead atoms. The second-order valence-corrected chi connectivity index (χ2v) is 5.14. The molecule has 0 atom stereocenters. The van der Waals surface area contributed by atoms with E-state index in [0.717, 1.165) is 0 Å². The second kappa shape index (κ2) is 7.98. The third kappa shape index (κ3) is 5.14. The van der Waals surface area contributed by atoms with Crippen LogP contribution >= 0.6 is 0 Å². The summed E-state index contributed by atoms with van der Waals surface area (Å²) < 4.78 is 10.4. The molecular weight excluding hydrogens is 294 g/mol. The normalized spacial score (nSPS) is 10.2. The van der Waals surface area contributed by atoms with E-state index in [1.165, 1.54) is 0 Å². The van der Waals surface area contributed by atoms with Gasteiger partial charge in [-0.2, -0.15) is 0 Å². The van der Waals surface area contributed by atoms with Gasteiger partial charge in [-0.25, -0.2) is 4.79 Å². The van der Waals surface area contributed by atoms with E-state index >= 15 is 0 Å². The van der Waals surface area contributed by atoms with Crippen LogP contribution in [-0.2, 0) is 9.53 Å². The lowest BCUT2D eigenvalue weighted by Gasteiger charge is -2.12. The summed E-state index contributed by atoms with van der Waals surface area (Å²) in [6, 6.07) is 15.9. The molecule has 0 fully saturated rings. The largest absolute Gasteiger partial charge is 0.481 e. The van der Waals surface area contributed by atoms with Crippen molar-refractivity contribution in [1.82, 2.24) is 0 Å². The number of hydrogen-bond donors (Lipinski definition) is 1. The van der Waals surface area contributed by atoms with Crippen molar-refractivity contribution in [3.05, 3.63) is 60.2 Å². The van der Waals surface area contributed by atoms with Crippen LogP contribution in [0.4, 0.5) is 5.69 Å². The van der Waals surface area contributed by atoms with E-state index in [1.54, 1.807) is 50.2 Å². The molecule has 23 heavy (non-hydrogen) atoms. The number of amides is 1. The highest BCUT2D eigenvalue weighted by Gasteiger charge is 2.14. The van der Waals surface area contributed by atoms with Crippen LogP contribution in [0, 0.1) is 0 Å². The topological polar surface area (TPSA) is 64.6 Å². The van der Waals surface area contributed by atoms with Crippen molar-refractivity contribution in [3.8, 4) is 5.75 Å². The van der Waals surface area contributed by atoms with E-state index in [9.17, 15) is 9.59 Å². The van der Waals surface area contributed by atoms with E-state index in [1.807, 2.05) is 18.2 Å². The van der Waals surface area contributed by atoms with Gasteiger partial charge in [0.15, 0.2) is 6.61 Å². The lowest BCUT2D eigenvalue weighted by molar-refractivity contribution is -0.149. The molecule has 2 aromatic carbocycles. The van der Waals surface area contributed by atoms with Crippen LogP contribution in [0.3, 0.4) is 0 Å². The van der Waals surface area contributed by atoms with Crippen molar-refractivity contribution >= 4 is 17.6 Å². The molecule has 5 nitrogen and oxygen atoms in total. The first-order chi connectivity index (χ1) is 11.1. The average molecular weight is 313 g/mol. The maximum absolute atomic E-state index is 12.4. The number of carbonyl (C=O) groups excluding carboxylic acids is 2. The average Bonchev–Trinajstić information content (AvgIpc) is 2.53. The Balaban J connectivity index is 2.05. The lowest BCUT2D eigenvalue weighted by Crippen LogP contribution is -2.20. The Morgan fingerprint density at radius 2 is 1.65 bits per heavy atom. The molecule has 0 aliphatic heterocycles. The molecular formula is C18H19NO4. The van der Waals surface area contributed by atoms with Gasteiger partial charge in [0.05, 0.1) is 11.7 Å². The minimum absolute atomic E-state index is 0.206. The van der Waals surface area contributed by atoms with Crippen molar-refractivity contribution in [1.29, 1.82) is 0 Å². The zero-order valence-electron chi connectivity index (χ0n) is 13.1. The van der Waals surface area contributed by atoms with Gasteiger partial charge in [0.25, 0.3) is 5.91 Å². The van der Waals surface area contributed by atoms with Gasteiger partial charge in [0, 0.05) is 5.69 Å². The van der Waals surface area contributed by atoms with Gasteiger partial charge in [-0.3, -0.25) is 4.79 Å². The van der Waals surface area contributed by atoms with Crippen molar-refractivity contribution in [2.45, 2.75) is 20.0 Å². The molecule has 2 aromatic rings. The van der Waals surface area contributed by atoms with Gasteiger partial charge in [-0.1, -0.05) is 30.3 Å². The molecule has 0 aromatic heterocycles. The quantitative estimate of drug-likeness (QED) is 0.831. The predicted molar refractivity (Wildman–Crippen MR) is 87.6 cm³/mol. The Hall–Kier alpha value is -2.82. The molecule has 0 radical (unpaired) electrons. The fourth-order valence-electron chi connectivity index (χ4n) is 1.93. The van der Waals surface area contributed by atoms with Crippen LogP contribution in [0.25, 0.3) is 0 Å². The number of benzene rings is 2. The number of hydrogen-bond acceptors (Lipinski definition) is 4. The molecule has 1 amide bonds. The summed E-state index contributed by atoms with van der Waals surface area (Å²) in [7, 11) is 0. The first-order valence-corrected chi connectivity index (χ1v) is 7.34. The molecule has 0 aliphatic carbocycles. The van der Waals surface area contributed by atoms with Crippen molar-refractivity contribution in [2.75, 3.05) is 11.9 Å². The van der Waals surface area contributed by atoms with Crippen LogP contribution in [-0.4, -0.2) is 24.6 Å². The molecule has 120 valence electrons. The molecule has 0 saturated carbocycles. The van der Waals surface area contributed by atoms with Crippen molar-refractivity contribution in [2.24, 2.45) is 0 Å². The SMILES string of the molecule is CC(C)OC(=O)COc1ccccc1C(=O)Nc1ccccc1. The van der Waals surface area contributed by atoms with Crippen LogP contribution in [0.5, 0.6) is 5.75 Å². The zero-order valence-corrected chi connectivity index (χ0v) is 13.1. The number of nitrogens with one attached hydrogen (secondary N) is 1. The van der Waals surface area contributed by atoms with Gasteiger partial charge in [-0.05, 0) is 38.1 Å². The van der Waals surface area contributed by atoms with Gasteiger partial charge >= 0.3 is 5.97 Å². The molecule has 2 rings (SSSR count). The molecule has 0 spiro atoms. The summed E-state index contributed by atoms with van der Waals surface area (Å²) in [4.78, 5) is 23.9. The summed E-state index contributed by atoms with van der Waals surface area (Å²) in [5.74, 6) is -0.441. The fourth-order valence-corrected chi connectivity index (χ4v) is 1.93. The molecule has 5 heteroatoms. The van der Waals surface area contributed by atoms with E-state index in [0.29, 0.717) is 17.0 Å². The Morgan fingerprint density at radius 1 is 1.00 bits per heavy atom. The van der Waals surface area contributed by atoms with E-state index < -0.39 is 5.97 Å². The van der Waals surface area contributed by atoms with Crippen molar-refractivity contribution < 1.29 is 19.1 Å². The maximum atomic E-state index is 12.4. The predicted octanol–water partition coefficient (Wildman–Crippen LogP) is 3.27. The van der Waals surface area contributed by atoms with E-state index in [-0.39, 0.29) is 18.6 Å². The number of anilines is 1. The van der Waals surface area contributed by atoms with Crippen LogP contribution < -0.4 is 10.1 Å². The maximum Gasteiger partial charge on any atom is 0.344 e. The van der Waals surface area contributed by atoms with Gasteiger partial charge in [-0.15, -0.1) is 0 Å². The third-order valence-corrected chi connectivity index (χ3v) is 2.88. The molecule has 0 unspecified atom stereocenters. The van der Waals surface area contributed by atoms with Crippen LogP contribution in [0.2, 0.25) is 0 Å². The second-order valence-electron chi connectivity index (χ2n) is 5.14. The number of para-hydroxylation sites is 2. The summed E-state index contributed by atoms with van der Waals surface area (Å²) >= 11 is 0. The fraction of sp³-hybridized carbons (Fsp3) is 0.222. The standard InChI is InChI=1S/C18H19NO4/c1-13(2)23-17(20)12-22-16-11-7-6-10-15(16)18(21)19-14-8-4-3-5-9-14/h3-11,13H,12H2,1-2H3,(H,19,21). The smallest absolute Gasteiger partial charge is 0.344 e. The number of carbonyl (C=O) groups is 2. The Labute approximate surface area is 135 Å². The highest BCUT2D eigenvalue weighted by atomic mass is 16.6. The Morgan fingerprint density at radius 3 is 2.35 bits per heavy atom. The minimum atomic E-state index is -0.474. The van der Waals surface area contributed by atoms with Gasteiger partial charge < -0.3 is 14.8 Å². The first kappa shape index (κ1) is 16.5. The molecule has 0 heterocycles. The van der Waals surface area contributed by atoms with Gasteiger partial charge in [0.2, 0.25) is 0 Å². The summed E-state index contributed by atoms with van der Waals surface area (Å²) in [6.07, 6.45) is -0.206. The van der Waals surface area contributed by atoms with Crippen molar-refractivity contribution in [3.63, 3.8) is 0 Å². The van der Waals surface area contributed by atoms with E-state index in [4.69, 9.17) is 9.47 Å². The number of rotatable bonds is 6. The van der Waals surface area contributed by atoms with Gasteiger partial charge in [0.1, 0.15) is 5.75 Å². The highest BCUT2D eigenvalue weighted by molar-refractivity contribution is 6.06. The molecule has 1 N–H and O–H groups in total. The van der Waals surface area contributed by atoms with Crippen LogP contribution in [0.15, 0.2) is 54.6 Å². The zero-order chi connectivity index (χ0) is 16.7. The highest BCUT2D eigenvalue weighted by Crippen LogP contribution is 2.19. The summed E-state index contributed by atoms with van der Waals surface area (Å²) in [5.41, 5.74) is 1.04. The minimum Gasteiger partial charge on any atom is -0.481 e. The number of ether oxygens (including phenoxy) is 2. The summed E-state index contributed by atoms with van der Waals surface area (Å²) in [5, 5.41) is 2.78. The molecule has 0 saturated heterocycles. The number of esters is 1. The third-order valence-electron chi connectivity index (χ3n) is 2.88. The monoisotopic (exact) mass is 313 g/mol. The lowest BCUT2D eigenvalue weighted by atomic mass is 10.2.